The third-order valence-corrected chi connectivity index (χ3v) is 5.49. The number of nitrogen functional groups attached to an aromatic ring is 1. The molecule has 0 atom stereocenters. The van der Waals surface area contributed by atoms with Crippen molar-refractivity contribution in [3.05, 3.63) is 41.6 Å². The minimum absolute atomic E-state index is 0.546. The molecule has 3 N–H and O–H groups in total. The van der Waals surface area contributed by atoms with Crippen LogP contribution in [0.2, 0.25) is 0 Å². The van der Waals surface area contributed by atoms with E-state index in [1.165, 1.54) is 35.0 Å². The zero-order chi connectivity index (χ0) is 19.5. The quantitative estimate of drug-likeness (QED) is 0.478. The number of aryl methyl sites for hydroxylation is 2. The number of ether oxygens (including phenoxy) is 2. The normalized spacial score (nSPS) is 13.4. The Morgan fingerprint density at radius 1 is 1.11 bits per heavy atom. The predicted molar refractivity (Wildman–Crippen MR) is 113 cm³/mol. The lowest BCUT2D eigenvalue weighted by Gasteiger charge is -2.16. The number of fused-ring (bicyclic) bond motifs is 3. The molecular formula is C22H28N4O2. The molecule has 1 aliphatic carbocycles. The number of pyridine rings is 1. The zero-order valence-electron chi connectivity index (χ0n) is 16.6. The maximum atomic E-state index is 6.05. The number of nitrogens with two attached hydrogens (primary N) is 1. The van der Waals surface area contributed by atoms with E-state index in [9.17, 15) is 0 Å². The average Bonchev–Trinajstić information content (AvgIpc) is 3.04. The first-order valence-electron chi connectivity index (χ1n) is 9.93. The van der Waals surface area contributed by atoms with Gasteiger partial charge in [0.1, 0.15) is 11.6 Å². The number of hydrogen-bond donors (Lipinski definition) is 2. The summed E-state index contributed by atoms with van der Waals surface area (Å²) in [7, 11) is 3.25. The molecule has 0 spiro atoms. The fourth-order valence-electron chi connectivity index (χ4n) is 4.16. The first-order valence-corrected chi connectivity index (χ1v) is 9.93. The van der Waals surface area contributed by atoms with Crippen LogP contribution in [0.15, 0.2) is 30.3 Å². The topological polar surface area (TPSA) is 74.3 Å². The molecule has 0 amide bonds. The van der Waals surface area contributed by atoms with Crippen molar-refractivity contribution in [2.45, 2.75) is 38.6 Å². The van der Waals surface area contributed by atoms with Crippen LogP contribution in [0.5, 0.6) is 11.6 Å². The fraction of sp³-hybridized carbons (Fsp3) is 0.409. The largest absolute Gasteiger partial charge is 0.496 e. The SMILES string of the molecule is COc1cc(NCCCn2c3c(c4cc(N)ccc42)CCCC3)nc(OC)c1. The van der Waals surface area contributed by atoms with Crippen LogP contribution in [0.3, 0.4) is 0 Å². The molecular weight excluding hydrogens is 352 g/mol. The van der Waals surface area contributed by atoms with Crippen LogP contribution in [0.1, 0.15) is 30.5 Å². The van der Waals surface area contributed by atoms with Gasteiger partial charge in [-0.05, 0) is 55.9 Å². The number of nitrogens with zero attached hydrogens (tertiary/aromatic N) is 2. The molecule has 148 valence electrons. The number of aromatic nitrogens is 2. The van der Waals surface area contributed by atoms with Crippen molar-refractivity contribution in [3.63, 3.8) is 0 Å². The summed E-state index contributed by atoms with van der Waals surface area (Å²) in [5, 5.41) is 4.72. The summed E-state index contributed by atoms with van der Waals surface area (Å²) < 4.78 is 13.0. The van der Waals surface area contributed by atoms with Crippen LogP contribution in [0.4, 0.5) is 11.5 Å². The molecule has 3 aromatic rings. The Hall–Kier alpha value is -2.89. The molecule has 2 heterocycles. The molecule has 0 radical (unpaired) electrons. The lowest BCUT2D eigenvalue weighted by Crippen LogP contribution is -2.12. The maximum Gasteiger partial charge on any atom is 0.218 e. The summed E-state index contributed by atoms with van der Waals surface area (Å²) in [6, 6.07) is 9.98. The molecule has 0 bridgehead atoms. The van der Waals surface area contributed by atoms with Gasteiger partial charge in [-0.15, -0.1) is 0 Å². The molecule has 0 saturated heterocycles. The second-order valence-electron chi connectivity index (χ2n) is 7.28. The molecule has 0 aliphatic heterocycles. The Bertz CT molecular complexity index is 958. The highest BCUT2D eigenvalue weighted by molar-refractivity contribution is 5.88. The Kier molecular flexibility index (Phi) is 5.28. The standard InChI is InChI=1S/C22H28N4O2/c1-27-16-13-21(25-22(14-16)28-2)24-10-5-11-26-19-7-4-3-6-17(19)18-12-15(23)8-9-20(18)26/h8-9,12-14H,3-7,10-11,23H2,1-2H3,(H,24,25). The number of anilines is 2. The smallest absolute Gasteiger partial charge is 0.218 e. The lowest BCUT2D eigenvalue weighted by molar-refractivity contribution is 0.383. The van der Waals surface area contributed by atoms with Crippen molar-refractivity contribution >= 4 is 22.4 Å². The van der Waals surface area contributed by atoms with E-state index in [4.69, 9.17) is 15.2 Å². The van der Waals surface area contributed by atoms with Gasteiger partial charge < -0.3 is 25.1 Å². The lowest BCUT2D eigenvalue weighted by atomic mass is 9.95. The van der Waals surface area contributed by atoms with Gasteiger partial charge in [-0.2, -0.15) is 4.98 Å². The monoisotopic (exact) mass is 380 g/mol. The first kappa shape index (κ1) is 18.5. The third kappa shape index (κ3) is 3.59. The van der Waals surface area contributed by atoms with E-state index in [-0.39, 0.29) is 0 Å². The third-order valence-electron chi connectivity index (χ3n) is 5.49. The van der Waals surface area contributed by atoms with Gasteiger partial charge in [0, 0.05) is 47.5 Å². The molecule has 1 aliphatic rings. The summed E-state index contributed by atoms with van der Waals surface area (Å²) in [6.07, 6.45) is 5.86. The summed E-state index contributed by atoms with van der Waals surface area (Å²) >= 11 is 0. The Morgan fingerprint density at radius 3 is 2.79 bits per heavy atom. The second kappa shape index (κ2) is 8.00. The first-order chi connectivity index (χ1) is 13.7. The van der Waals surface area contributed by atoms with E-state index < -0.39 is 0 Å². The van der Waals surface area contributed by atoms with Crippen LogP contribution < -0.4 is 20.5 Å². The molecule has 1 aromatic carbocycles. The van der Waals surface area contributed by atoms with Crippen molar-refractivity contribution in [2.75, 3.05) is 31.8 Å². The van der Waals surface area contributed by atoms with E-state index in [2.05, 4.69) is 27.0 Å². The summed E-state index contributed by atoms with van der Waals surface area (Å²) in [6.45, 7) is 1.80. The van der Waals surface area contributed by atoms with Crippen molar-refractivity contribution in [2.24, 2.45) is 0 Å². The van der Waals surface area contributed by atoms with Gasteiger partial charge in [0.2, 0.25) is 5.88 Å². The van der Waals surface area contributed by atoms with Gasteiger partial charge in [-0.3, -0.25) is 0 Å². The van der Waals surface area contributed by atoms with Crippen LogP contribution in [0.25, 0.3) is 10.9 Å². The van der Waals surface area contributed by atoms with Crippen molar-refractivity contribution < 1.29 is 9.47 Å². The Morgan fingerprint density at radius 2 is 1.96 bits per heavy atom. The number of hydrogen-bond acceptors (Lipinski definition) is 5. The highest BCUT2D eigenvalue weighted by atomic mass is 16.5. The molecule has 0 saturated carbocycles. The minimum Gasteiger partial charge on any atom is -0.496 e. The van der Waals surface area contributed by atoms with Gasteiger partial charge in [-0.25, -0.2) is 0 Å². The van der Waals surface area contributed by atoms with E-state index >= 15 is 0 Å². The van der Waals surface area contributed by atoms with Crippen molar-refractivity contribution in [3.8, 4) is 11.6 Å². The van der Waals surface area contributed by atoms with Gasteiger partial charge in [-0.1, -0.05) is 0 Å². The summed E-state index contributed by atoms with van der Waals surface area (Å²) in [4.78, 5) is 4.43. The second-order valence-corrected chi connectivity index (χ2v) is 7.28. The molecule has 0 fully saturated rings. The summed E-state index contributed by atoms with van der Waals surface area (Å²) in [5.41, 5.74) is 11.2. The minimum atomic E-state index is 0.546. The van der Waals surface area contributed by atoms with Crippen LogP contribution >= 0.6 is 0 Å². The molecule has 6 heteroatoms. The highest BCUT2D eigenvalue weighted by Crippen LogP contribution is 2.33. The van der Waals surface area contributed by atoms with Crippen molar-refractivity contribution in [1.29, 1.82) is 0 Å². The molecule has 28 heavy (non-hydrogen) atoms. The van der Waals surface area contributed by atoms with E-state index in [0.717, 1.165) is 49.6 Å². The van der Waals surface area contributed by atoms with E-state index in [1.54, 1.807) is 20.3 Å². The molecule has 2 aromatic heterocycles. The van der Waals surface area contributed by atoms with Crippen LogP contribution in [-0.2, 0) is 19.4 Å². The maximum absolute atomic E-state index is 6.05. The highest BCUT2D eigenvalue weighted by Gasteiger charge is 2.19. The van der Waals surface area contributed by atoms with Crippen LogP contribution in [-0.4, -0.2) is 30.3 Å². The average molecular weight is 380 g/mol. The zero-order valence-corrected chi connectivity index (χ0v) is 16.6. The Labute approximate surface area is 165 Å². The van der Waals surface area contributed by atoms with Crippen molar-refractivity contribution in [1.82, 2.24) is 9.55 Å². The molecule has 4 rings (SSSR count). The molecule has 6 nitrogen and oxygen atoms in total. The van der Waals surface area contributed by atoms with E-state index in [1.807, 2.05) is 12.1 Å². The van der Waals surface area contributed by atoms with Gasteiger partial charge >= 0.3 is 0 Å². The van der Waals surface area contributed by atoms with E-state index in [0.29, 0.717) is 5.88 Å². The molecule has 0 unspecified atom stereocenters. The van der Waals surface area contributed by atoms with Gasteiger partial charge in [0.25, 0.3) is 0 Å². The Balaban J connectivity index is 1.48. The van der Waals surface area contributed by atoms with Gasteiger partial charge in [0.15, 0.2) is 0 Å². The predicted octanol–water partition coefficient (Wildman–Crippen LogP) is 4.02. The number of methoxy groups -OCH3 is 2. The van der Waals surface area contributed by atoms with Gasteiger partial charge in [0.05, 0.1) is 14.2 Å². The number of rotatable bonds is 7. The fourth-order valence-corrected chi connectivity index (χ4v) is 4.16. The number of nitrogens with one attached hydrogen (secondary N) is 1. The van der Waals surface area contributed by atoms with Crippen LogP contribution in [0, 0.1) is 0 Å². The number of benzene rings is 1. The summed E-state index contributed by atoms with van der Waals surface area (Å²) in [5.74, 6) is 2.05.